The minimum atomic E-state index is -0.244. The van der Waals surface area contributed by atoms with Gasteiger partial charge in [0.2, 0.25) is 0 Å². The molecule has 0 aliphatic rings. The molecule has 2 aromatic rings. The maximum Gasteiger partial charge on any atom is 0.282 e. The van der Waals surface area contributed by atoms with E-state index in [0.717, 1.165) is 10.7 Å². The number of hydrogen-bond acceptors (Lipinski definition) is 3. The third-order valence-electron chi connectivity index (χ3n) is 3.70. The molecule has 0 fully saturated rings. The van der Waals surface area contributed by atoms with E-state index >= 15 is 0 Å². The van der Waals surface area contributed by atoms with Crippen molar-refractivity contribution in [1.82, 2.24) is 0 Å². The highest BCUT2D eigenvalue weighted by atomic mass is 16.3. The summed E-state index contributed by atoms with van der Waals surface area (Å²) in [5.41, 5.74) is 1.22. The average molecular weight is 301 g/mol. The number of ketones is 1. The van der Waals surface area contributed by atoms with Crippen molar-refractivity contribution in [1.29, 1.82) is 0 Å². The van der Waals surface area contributed by atoms with Crippen LogP contribution in [0.4, 0.5) is 5.69 Å². The normalized spacial score (nSPS) is 13.4. The number of nitrogens with one attached hydrogen (secondary N) is 2. The average Bonchev–Trinajstić information content (AvgIpc) is 2.99. The molecule has 0 saturated heterocycles. The number of carbonyl (C=O) groups is 2. The third-order valence-corrected chi connectivity index (χ3v) is 3.70. The van der Waals surface area contributed by atoms with Crippen molar-refractivity contribution in [2.75, 3.05) is 12.4 Å². The van der Waals surface area contributed by atoms with Crippen molar-refractivity contribution in [2.45, 2.75) is 26.4 Å². The lowest BCUT2D eigenvalue weighted by atomic mass is 10.1. The third kappa shape index (κ3) is 4.05. The van der Waals surface area contributed by atoms with Crippen LogP contribution in [0.5, 0.6) is 0 Å². The number of hydrogen-bond donors (Lipinski definition) is 2. The highest BCUT2D eigenvalue weighted by Crippen LogP contribution is 2.11. The molecule has 0 spiro atoms. The molecule has 1 unspecified atom stereocenters. The van der Waals surface area contributed by atoms with E-state index in [-0.39, 0.29) is 17.7 Å². The second-order valence-corrected chi connectivity index (χ2v) is 5.45. The highest BCUT2D eigenvalue weighted by Gasteiger charge is 2.22. The van der Waals surface area contributed by atoms with E-state index in [2.05, 4.69) is 5.32 Å². The zero-order valence-electron chi connectivity index (χ0n) is 13.1. The standard InChI is InChI=1S/C17H20N2O3/c1-12(19(3)11-16-8-5-9-22-16)17(21)18-15-7-4-6-14(10-15)13(2)20/h4-10,12H,11H2,1-3H3,(H,18,21)/p+1/t12-/m1/s1. The molecule has 0 aliphatic carbocycles. The molecule has 2 N–H and O–H groups in total. The van der Waals surface area contributed by atoms with Gasteiger partial charge in [0.25, 0.3) is 5.91 Å². The number of furan rings is 1. The smallest absolute Gasteiger partial charge is 0.282 e. The second-order valence-electron chi connectivity index (χ2n) is 5.45. The molecular formula is C17H21N2O3+. The summed E-state index contributed by atoms with van der Waals surface area (Å²) in [5, 5.41) is 2.85. The number of carbonyl (C=O) groups excluding carboxylic acids is 2. The monoisotopic (exact) mass is 301 g/mol. The number of quaternary nitrogens is 1. The largest absolute Gasteiger partial charge is 0.463 e. The van der Waals surface area contributed by atoms with Crippen LogP contribution in [0, 0.1) is 0 Å². The van der Waals surface area contributed by atoms with Crippen molar-refractivity contribution in [3.8, 4) is 0 Å². The first-order chi connectivity index (χ1) is 10.5. The maximum absolute atomic E-state index is 12.3. The SMILES string of the molecule is CC(=O)c1cccc(NC(=O)[C@@H](C)[NH+](C)Cc2ccco2)c1. The second kappa shape index (κ2) is 7.04. The Bertz CT molecular complexity index is 650. The highest BCUT2D eigenvalue weighted by molar-refractivity contribution is 5.97. The van der Waals surface area contributed by atoms with Crippen LogP contribution >= 0.6 is 0 Å². The van der Waals surface area contributed by atoms with Gasteiger partial charge in [-0.3, -0.25) is 9.59 Å². The summed E-state index contributed by atoms with van der Waals surface area (Å²) in [6.07, 6.45) is 1.63. The molecule has 2 atom stereocenters. The van der Waals surface area contributed by atoms with Crippen molar-refractivity contribution in [3.05, 3.63) is 54.0 Å². The fourth-order valence-electron chi connectivity index (χ4n) is 2.13. The quantitative estimate of drug-likeness (QED) is 0.795. The van der Waals surface area contributed by atoms with Gasteiger partial charge in [-0.25, -0.2) is 0 Å². The van der Waals surface area contributed by atoms with Gasteiger partial charge in [-0.15, -0.1) is 0 Å². The number of anilines is 1. The lowest BCUT2D eigenvalue weighted by Crippen LogP contribution is -3.12. The van der Waals surface area contributed by atoms with Crippen molar-refractivity contribution < 1.29 is 18.9 Å². The Morgan fingerprint density at radius 1 is 1.27 bits per heavy atom. The van der Waals surface area contributed by atoms with E-state index < -0.39 is 0 Å². The predicted octanol–water partition coefficient (Wildman–Crippen LogP) is 1.52. The van der Waals surface area contributed by atoms with Gasteiger partial charge in [0.1, 0.15) is 6.54 Å². The first kappa shape index (κ1) is 16.0. The van der Waals surface area contributed by atoms with E-state index in [9.17, 15) is 9.59 Å². The molecule has 2 rings (SSSR count). The van der Waals surface area contributed by atoms with Crippen LogP contribution < -0.4 is 10.2 Å². The Morgan fingerprint density at radius 2 is 2.05 bits per heavy atom. The molecule has 5 nitrogen and oxygen atoms in total. The lowest BCUT2D eigenvalue weighted by Gasteiger charge is -2.20. The first-order valence-electron chi connectivity index (χ1n) is 7.24. The summed E-state index contributed by atoms with van der Waals surface area (Å²) in [4.78, 5) is 24.7. The van der Waals surface area contributed by atoms with Gasteiger partial charge in [0, 0.05) is 11.3 Å². The summed E-state index contributed by atoms with van der Waals surface area (Å²) in [5.74, 6) is 0.727. The minimum absolute atomic E-state index is 0.0234. The molecule has 1 heterocycles. The molecule has 1 aromatic carbocycles. The van der Waals surface area contributed by atoms with Gasteiger partial charge < -0.3 is 14.6 Å². The Balaban J connectivity index is 1.98. The van der Waals surface area contributed by atoms with Crippen LogP contribution in [0.15, 0.2) is 47.1 Å². The van der Waals surface area contributed by atoms with E-state index in [1.54, 1.807) is 30.5 Å². The molecule has 0 radical (unpaired) electrons. The van der Waals surface area contributed by atoms with Crippen molar-refractivity contribution in [3.63, 3.8) is 0 Å². The van der Waals surface area contributed by atoms with Crippen molar-refractivity contribution in [2.24, 2.45) is 0 Å². The van der Waals surface area contributed by atoms with Crippen LogP contribution in [-0.2, 0) is 11.3 Å². The Kier molecular flexibility index (Phi) is 5.12. The van der Waals surface area contributed by atoms with Crippen LogP contribution in [-0.4, -0.2) is 24.8 Å². The zero-order chi connectivity index (χ0) is 16.1. The Hall–Kier alpha value is -2.40. The van der Waals surface area contributed by atoms with E-state index in [0.29, 0.717) is 17.8 Å². The number of likely N-dealkylation sites (N-methyl/N-ethyl adjacent to an activating group) is 1. The topological polar surface area (TPSA) is 63.8 Å². The van der Waals surface area contributed by atoms with Crippen LogP contribution in [0.2, 0.25) is 0 Å². The maximum atomic E-state index is 12.3. The van der Waals surface area contributed by atoms with Crippen LogP contribution in [0.3, 0.4) is 0 Å². The Labute approximate surface area is 129 Å². The van der Waals surface area contributed by atoms with Gasteiger partial charge >= 0.3 is 0 Å². The number of rotatable bonds is 6. The van der Waals surface area contributed by atoms with Crippen LogP contribution in [0.25, 0.3) is 0 Å². The molecule has 0 saturated carbocycles. The van der Waals surface area contributed by atoms with Gasteiger partial charge in [0.15, 0.2) is 17.6 Å². The molecule has 5 heteroatoms. The lowest BCUT2D eigenvalue weighted by molar-refractivity contribution is -0.908. The predicted molar refractivity (Wildman–Crippen MR) is 83.8 cm³/mol. The fourth-order valence-corrected chi connectivity index (χ4v) is 2.13. The van der Waals surface area contributed by atoms with E-state index in [4.69, 9.17) is 4.42 Å². The molecular weight excluding hydrogens is 280 g/mol. The molecule has 1 amide bonds. The molecule has 1 aromatic heterocycles. The first-order valence-corrected chi connectivity index (χ1v) is 7.24. The zero-order valence-corrected chi connectivity index (χ0v) is 13.1. The summed E-state index contributed by atoms with van der Waals surface area (Å²) in [7, 11) is 1.94. The minimum Gasteiger partial charge on any atom is -0.463 e. The number of amides is 1. The number of Topliss-reactive ketones (excluding diaryl/α,β-unsaturated/α-hetero) is 1. The fraction of sp³-hybridized carbons (Fsp3) is 0.294. The van der Waals surface area contributed by atoms with Gasteiger partial charge in [-0.2, -0.15) is 0 Å². The van der Waals surface area contributed by atoms with Gasteiger partial charge in [0.05, 0.1) is 13.3 Å². The van der Waals surface area contributed by atoms with Gasteiger partial charge in [-0.05, 0) is 38.1 Å². The summed E-state index contributed by atoms with van der Waals surface area (Å²) < 4.78 is 5.30. The van der Waals surface area contributed by atoms with Crippen LogP contribution in [0.1, 0.15) is 30.0 Å². The molecule has 0 bridgehead atoms. The van der Waals surface area contributed by atoms with E-state index in [1.807, 2.05) is 26.1 Å². The molecule has 22 heavy (non-hydrogen) atoms. The molecule has 0 aliphatic heterocycles. The summed E-state index contributed by atoms with van der Waals surface area (Å²) >= 11 is 0. The van der Waals surface area contributed by atoms with Crippen molar-refractivity contribution >= 4 is 17.4 Å². The van der Waals surface area contributed by atoms with Gasteiger partial charge in [-0.1, -0.05) is 12.1 Å². The molecule has 116 valence electrons. The Morgan fingerprint density at radius 3 is 2.68 bits per heavy atom. The number of benzene rings is 1. The van der Waals surface area contributed by atoms with E-state index in [1.165, 1.54) is 6.92 Å². The summed E-state index contributed by atoms with van der Waals surface area (Å²) in [6, 6.07) is 10.4. The summed E-state index contributed by atoms with van der Waals surface area (Å²) in [6.45, 7) is 4.00.